The van der Waals surface area contributed by atoms with Crippen molar-refractivity contribution < 1.29 is 25.8 Å². The molecule has 2 aliphatic heterocycles. The Hall–Kier alpha value is -1.28. The van der Waals surface area contributed by atoms with E-state index in [-0.39, 0.29) is 11.8 Å². The van der Waals surface area contributed by atoms with Gasteiger partial charge in [-0.1, -0.05) is 26.3 Å². The van der Waals surface area contributed by atoms with Gasteiger partial charge in [0.15, 0.2) is 0 Å². The van der Waals surface area contributed by atoms with Crippen LogP contribution in [0.1, 0.15) is 50.3 Å². The topological polar surface area (TPSA) is 46.6 Å². The van der Waals surface area contributed by atoms with Crippen molar-refractivity contribution >= 4 is 10.1 Å². The number of hydrogen-bond acceptors (Lipinski definition) is 4. The van der Waals surface area contributed by atoms with Crippen LogP contribution in [0, 0.1) is 0 Å². The molecule has 0 saturated carbocycles. The number of alkyl halides is 3. The van der Waals surface area contributed by atoms with Gasteiger partial charge in [-0.25, -0.2) is 0 Å². The zero-order valence-electron chi connectivity index (χ0n) is 13.8. The zero-order chi connectivity index (χ0) is 18.0. The van der Waals surface area contributed by atoms with Crippen LogP contribution in [0.3, 0.4) is 0 Å². The van der Waals surface area contributed by atoms with Crippen LogP contribution in [0.4, 0.5) is 13.2 Å². The first kappa shape index (κ1) is 19.1. The average Bonchev–Trinajstić information content (AvgIpc) is 2.55. The van der Waals surface area contributed by atoms with Gasteiger partial charge in [-0.3, -0.25) is 4.90 Å². The summed E-state index contributed by atoms with van der Waals surface area (Å²) in [5.74, 6) is -0.277. The van der Waals surface area contributed by atoms with Crippen LogP contribution in [-0.2, 0) is 16.5 Å². The van der Waals surface area contributed by atoms with Crippen molar-refractivity contribution in [1.29, 1.82) is 0 Å². The summed E-state index contributed by atoms with van der Waals surface area (Å²) < 4.78 is 63.4. The van der Waals surface area contributed by atoms with Crippen LogP contribution in [0.25, 0.3) is 0 Å². The lowest BCUT2D eigenvalue weighted by Crippen LogP contribution is -2.38. The quantitative estimate of drug-likeness (QED) is 0.587. The molecule has 1 unspecified atom stereocenters. The predicted molar refractivity (Wildman–Crippen MR) is 85.3 cm³/mol. The lowest BCUT2D eigenvalue weighted by molar-refractivity contribution is -0.0500. The Morgan fingerprint density at radius 3 is 2.54 bits per heavy atom. The van der Waals surface area contributed by atoms with Crippen molar-refractivity contribution in [3.05, 3.63) is 29.3 Å². The first-order valence-corrected chi connectivity index (χ1v) is 9.56. The third-order valence-electron chi connectivity index (χ3n) is 4.24. The minimum atomic E-state index is -5.61. The number of piperidine rings is 1. The molecule has 1 aromatic rings. The van der Waals surface area contributed by atoms with Crippen LogP contribution >= 0.6 is 0 Å². The minimum absolute atomic E-state index is 0.277. The molecule has 8 heteroatoms. The largest absolute Gasteiger partial charge is 0.534 e. The monoisotopic (exact) mass is 365 g/mol. The molecular formula is C16H22F3NO3S. The van der Waals surface area contributed by atoms with Gasteiger partial charge in [0.25, 0.3) is 0 Å². The molecule has 1 atom stereocenters. The van der Waals surface area contributed by atoms with Gasteiger partial charge in [0.1, 0.15) is 5.75 Å². The summed E-state index contributed by atoms with van der Waals surface area (Å²) in [7, 11) is -5.61. The number of benzene rings is 1. The Labute approximate surface area is 140 Å². The molecule has 136 valence electrons. The van der Waals surface area contributed by atoms with Gasteiger partial charge < -0.3 is 4.18 Å². The Bertz CT molecular complexity index is 674. The minimum Gasteiger partial charge on any atom is -0.376 e. The SMILES string of the molecule is CC.O=S(=O)(Oc1ccc2c(c1)CCN1CCCCC21)C(F)(F)F. The normalized spacial score (nSPS) is 21.1. The predicted octanol–water partition coefficient (Wildman–Crippen LogP) is 4.02. The number of halogens is 3. The fourth-order valence-electron chi connectivity index (χ4n) is 3.22. The Kier molecular flexibility index (Phi) is 5.80. The van der Waals surface area contributed by atoms with E-state index in [2.05, 4.69) is 9.08 Å². The van der Waals surface area contributed by atoms with Gasteiger partial charge in [-0.15, -0.1) is 0 Å². The summed E-state index contributed by atoms with van der Waals surface area (Å²) in [5, 5.41) is 0. The first-order valence-electron chi connectivity index (χ1n) is 8.15. The van der Waals surface area contributed by atoms with Crippen LogP contribution in [0.15, 0.2) is 18.2 Å². The molecule has 0 radical (unpaired) electrons. The van der Waals surface area contributed by atoms with Gasteiger partial charge in [0, 0.05) is 12.6 Å². The van der Waals surface area contributed by atoms with Crippen molar-refractivity contribution in [2.75, 3.05) is 13.1 Å². The van der Waals surface area contributed by atoms with Crippen LogP contribution < -0.4 is 4.18 Å². The van der Waals surface area contributed by atoms with E-state index in [4.69, 9.17) is 0 Å². The fraction of sp³-hybridized carbons (Fsp3) is 0.625. The fourth-order valence-corrected chi connectivity index (χ4v) is 3.68. The Balaban J connectivity index is 0.00000100. The average molecular weight is 365 g/mol. The molecule has 1 aromatic carbocycles. The van der Waals surface area contributed by atoms with Gasteiger partial charge in [-0.2, -0.15) is 21.6 Å². The highest BCUT2D eigenvalue weighted by Gasteiger charge is 2.48. The van der Waals surface area contributed by atoms with Crippen LogP contribution in [-0.4, -0.2) is 31.9 Å². The maximum atomic E-state index is 12.4. The second-order valence-electron chi connectivity index (χ2n) is 5.64. The van der Waals surface area contributed by atoms with Gasteiger partial charge in [-0.05, 0) is 49.1 Å². The molecule has 3 rings (SSSR count). The van der Waals surface area contributed by atoms with Gasteiger partial charge in [0.2, 0.25) is 0 Å². The molecule has 24 heavy (non-hydrogen) atoms. The maximum Gasteiger partial charge on any atom is 0.534 e. The van der Waals surface area contributed by atoms with E-state index in [1.807, 2.05) is 13.8 Å². The van der Waals surface area contributed by atoms with Crippen molar-refractivity contribution in [2.24, 2.45) is 0 Å². The van der Waals surface area contributed by atoms with E-state index in [0.29, 0.717) is 6.42 Å². The molecule has 4 nitrogen and oxygen atoms in total. The van der Waals surface area contributed by atoms with E-state index in [0.717, 1.165) is 43.5 Å². The Morgan fingerprint density at radius 1 is 1.17 bits per heavy atom. The lowest BCUT2D eigenvalue weighted by Gasteiger charge is -2.40. The van der Waals surface area contributed by atoms with Crippen LogP contribution in [0.2, 0.25) is 0 Å². The van der Waals surface area contributed by atoms with E-state index >= 15 is 0 Å². The molecule has 2 heterocycles. The third kappa shape index (κ3) is 3.85. The summed E-state index contributed by atoms with van der Waals surface area (Å²) >= 11 is 0. The van der Waals surface area contributed by atoms with Crippen LogP contribution in [0.5, 0.6) is 5.75 Å². The summed E-state index contributed by atoms with van der Waals surface area (Å²) in [6.07, 6.45) is 4.00. The molecule has 2 aliphatic rings. The summed E-state index contributed by atoms with van der Waals surface area (Å²) in [6.45, 7) is 5.87. The number of rotatable bonds is 2. The van der Waals surface area contributed by atoms with E-state index in [9.17, 15) is 21.6 Å². The standard InChI is InChI=1S/C14H16F3NO3S.C2H6/c15-14(16,17)22(19,20)21-11-4-5-12-10(9-11)6-8-18-7-2-1-3-13(12)18;1-2/h4-5,9,13H,1-3,6-8H2;1-2H3. The summed E-state index contributed by atoms with van der Waals surface area (Å²) in [5.41, 5.74) is -3.47. The Morgan fingerprint density at radius 2 is 1.88 bits per heavy atom. The smallest absolute Gasteiger partial charge is 0.376 e. The van der Waals surface area contributed by atoms with Gasteiger partial charge >= 0.3 is 15.6 Å². The maximum absolute atomic E-state index is 12.4. The first-order chi connectivity index (χ1) is 11.3. The summed E-state index contributed by atoms with van der Waals surface area (Å²) in [4.78, 5) is 2.37. The molecule has 0 spiro atoms. The molecule has 0 bridgehead atoms. The number of nitrogens with zero attached hydrogens (tertiary/aromatic N) is 1. The highest BCUT2D eigenvalue weighted by molar-refractivity contribution is 7.88. The number of fused-ring (bicyclic) bond motifs is 3. The highest BCUT2D eigenvalue weighted by Crippen LogP contribution is 2.38. The number of hydrogen-bond donors (Lipinski definition) is 0. The molecular weight excluding hydrogens is 343 g/mol. The van der Waals surface area contributed by atoms with Crippen molar-refractivity contribution in [3.63, 3.8) is 0 Å². The van der Waals surface area contributed by atoms with E-state index in [1.165, 1.54) is 12.1 Å². The van der Waals surface area contributed by atoms with E-state index in [1.54, 1.807) is 6.07 Å². The second kappa shape index (κ2) is 7.31. The zero-order valence-corrected chi connectivity index (χ0v) is 14.6. The summed E-state index contributed by atoms with van der Waals surface area (Å²) in [6, 6.07) is 4.70. The molecule has 0 aliphatic carbocycles. The highest BCUT2D eigenvalue weighted by atomic mass is 32.2. The van der Waals surface area contributed by atoms with Gasteiger partial charge in [0.05, 0.1) is 0 Å². The molecule has 1 fully saturated rings. The van der Waals surface area contributed by atoms with Crippen molar-refractivity contribution in [1.82, 2.24) is 4.90 Å². The molecule has 0 N–H and O–H groups in total. The third-order valence-corrected chi connectivity index (χ3v) is 5.22. The van der Waals surface area contributed by atoms with Crippen molar-refractivity contribution in [2.45, 2.75) is 51.1 Å². The molecule has 0 aromatic heterocycles. The van der Waals surface area contributed by atoms with Crippen molar-refractivity contribution in [3.8, 4) is 5.75 Å². The lowest BCUT2D eigenvalue weighted by atomic mass is 9.87. The molecule has 1 saturated heterocycles. The second-order valence-corrected chi connectivity index (χ2v) is 7.18. The molecule has 0 amide bonds. The van der Waals surface area contributed by atoms with E-state index < -0.39 is 15.6 Å².